The zero-order chi connectivity index (χ0) is 17.7. The minimum Gasteiger partial charge on any atom is -0.491 e. The lowest BCUT2D eigenvalue weighted by atomic mass is 10.1. The van der Waals surface area contributed by atoms with Gasteiger partial charge in [-0.05, 0) is 43.4 Å². The highest BCUT2D eigenvalue weighted by molar-refractivity contribution is 6.02. The number of rotatable bonds is 7. The van der Waals surface area contributed by atoms with Gasteiger partial charge in [-0.3, -0.25) is 15.0 Å². The van der Waals surface area contributed by atoms with E-state index in [-0.39, 0.29) is 24.3 Å². The number of carbonyl (C=O) groups excluding carboxylic acids is 2. The van der Waals surface area contributed by atoms with Gasteiger partial charge in [0, 0.05) is 12.5 Å². The van der Waals surface area contributed by atoms with Crippen molar-refractivity contribution in [1.29, 1.82) is 5.41 Å². The summed E-state index contributed by atoms with van der Waals surface area (Å²) in [5, 5.41) is 12.7. The van der Waals surface area contributed by atoms with Crippen molar-refractivity contribution >= 4 is 17.6 Å². The first kappa shape index (κ1) is 17.9. The van der Waals surface area contributed by atoms with E-state index < -0.39 is 12.7 Å². The smallest absolute Gasteiger partial charge is 0.251 e. The number of halogens is 1. The van der Waals surface area contributed by atoms with Crippen LogP contribution >= 0.6 is 0 Å². The monoisotopic (exact) mass is 335 g/mol. The summed E-state index contributed by atoms with van der Waals surface area (Å²) in [4.78, 5) is 23.3. The highest BCUT2D eigenvalue weighted by Gasteiger charge is 2.27. The highest BCUT2D eigenvalue weighted by Crippen LogP contribution is 2.44. The van der Waals surface area contributed by atoms with Crippen LogP contribution in [-0.2, 0) is 4.79 Å². The molecule has 1 fully saturated rings. The number of hydrogen-bond acceptors (Lipinski definition) is 4. The average molecular weight is 335 g/mol. The van der Waals surface area contributed by atoms with Crippen molar-refractivity contribution in [3.05, 3.63) is 29.3 Å². The molecular weight excluding hydrogens is 313 g/mol. The number of ether oxygens (including phenoxy) is 1. The fourth-order valence-corrected chi connectivity index (χ4v) is 2.33. The SMILES string of the molecule is CC(=O)NC(=N)C(C)NC(=O)c1ccc(C2CC2)c(OCCF)c1. The summed E-state index contributed by atoms with van der Waals surface area (Å²) in [6.45, 7) is 2.27. The summed E-state index contributed by atoms with van der Waals surface area (Å²) in [5.41, 5.74) is 1.37. The van der Waals surface area contributed by atoms with Gasteiger partial charge in [-0.15, -0.1) is 0 Å². The minimum absolute atomic E-state index is 0.0472. The molecule has 0 heterocycles. The molecule has 0 aromatic heterocycles. The first-order chi connectivity index (χ1) is 11.4. The predicted molar refractivity (Wildman–Crippen MR) is 88.4 cm³/mol. The minimum atomic E-state index is -0.639. The van der Waals surface area contributed by atoms with Crippen molar-refractivity contribution in [2.24, 2.45) is 0 Å². The molecule has 1 atom stereocenters. The summed E-state index contributed by atoms with van der Waals surface area (Å²) in [5.74, 6) is 0.122. The Balaban J connectivity index is 2.08. The van der Waals surface area contributed by atoms with E-state index >= 15 is 0 Å². The van der Waals surface area contributed by atoms with Crippen LogP contribution in [0.1, 0.15) is 48.5 Å². The molecule has 1 aliphatic carbocycles. The molecule has 6 nitrogen and oxygen atoms in total. The number of hydrogen-bond donors (Lipinski definition) is 3. The van der Waals surface area contributed by atoms with Crippen LogP contribution < -0.4 is 15.4 Å². The van der Waals surface area contributed by atoms with Crippen LogP contribution in [-0.4, -0.2) is 37.0 Å². The molecule has 1 unspecified atom stereocenters. The molecule has 2 amide bonds. The third-order valence-corrected chi connectivity index (χ3v) is 3.72. The van der Waals surface area contributed by atoms with Crippen LogP contribution in [0.5, 0.6) is 5.75 Å². The zero-order valence-corrected chi connectivity index (χ0v) is 13.8. The maximum absolute atomic E-state index is 12.4. The maximum atomic E-state index is 12.4. The molecule has 1 saturated carbocycles. The Kier molecular flexibility index (Phi) is 5.89. The van der Waals surface area contributed by atoms with E-state index in [0.717, 1.165) is 18.4 Å². The van der Waals surface area contributed by atoms with Crippen LogP contribution in [0.3, 0.4) is 0 Å². The Labute approximate surface area is 140 Å². The van der Waals surface area contributed by atoms with Gasteiger partial charge in [0.05, 0.1) is 6.04 Å². The number of nitrogens with one attached hydrogen (secondary N) is 3. The molecule has 1 aromatic carbocycles. The number of carbonyl (C=O) groups is 2. The summed E-state index contributed by atoms with van der Waals surface area (Å²) in [6, 6.07) is 4.50. The first-order valence-corrected chi connectivity index (χ1v) is 7.92. The van der Waals surface area contributed by atoms with Gasteiger partial charge >= 0.3 is 0 Å². The first-order valence-electron chi connectivity index (χ1n) is 7.92. The van der Waals surface area contributed by atoms with Gasteiger partial charge in [0.25, 0.3) is 5.91 Å². The molecule has 0 saturated heterocycles. The average Bonchev–Trinajstić information content (AvgIpc) is 3.36. The largest absolute Gasteiger partial charge is 0.491 e. The number of benzene rings is 1. The quantitative estimate of drug-likeness (QED) is 0.527. The normalized spacial score (nSPS) is 14.6. The van der Waals surface area contributed by atoms with Crippen molar-refractivity contribution in [3.8, 4) is 5.75 Å². The van der Waals surface area contributed by atoms with E-state index in [9.17, 15) is 14.0 Å². The second kappa shape index (κ2) is 7.90. The van der Waals surface area contributed by atoms with Gasteiger partial charge in [0.2, 0.25) is 5.91 Å². The van der Waals surface area contributed by atoms with E-state index in [0.29, 0.717) is 17.2 Å². The Morgan fingerprint density at radius 2 is 2.12 bits per heavy atom. The van der Waals surface area contributed by atoms with Gasteiger partial charge in [-0.1, -0.05) is 6.07 Å². The molecule has 2 rings (SSSR count). The van der Waals surface area contributed by atoms with E-state index in [1.54, 1.807) is 19.1 Å². The van der Waals surface area contributed by atoms with Gasteiger partial charge in [0.1, 0.15) is 24.9 Å². The fraction of sp³-hybridized carbons (Fsp3) is 0.471. The third kappa shape index (κ3) is 4.78. The number of alkyl halides is 1. The van der Waals surface area contributed by atoms with E-state index in [1.807, 2.05) is 6.07 Å². The van der Waals surface area contributed by atoms with Crippen LogP contribution in [0.25, 0.3) is 0 Å². The Bertz CT molecular complexity index is 644. The molecule has 0 bridgehead atoms. The zero-order valence-electron chi connectivity index (χ0n) is 13.8. The van der Waals surface area contributed by atoms with Gasteiger partial charge in [-0.25, -0.2) is 4.39 Å². The standard InChI is InChI=1S/C17H22FN3O3/c1-10(16(19)21-11(2)22)20-17(23)13-5-6-14(12-3-4-12)15(9-13)24-8-7-18/h5-6,9-10,12H,3-4,7-8H2,1-2H3,(H,20,23)(H2,19,21,22). The molecular formula is C17H22FN3O3. The van der Waals surface area contributed by atoms with E-state index in [4.69, 9.17) is 10.1 Å². The molecule has 130 valence electrons. The Morgan fingerprint density at radius 1 is 1.42 bits per heavy atom. The van der Waals surface area contributed by atoms with Crippen molar-refractivity contribution in [2.45, 2.75) is 38.6 Å². The predicted octanol–water partition coefficient (Wildman–Crippen LogP) is 2.14. The summed E-state index contributed by atoms with van der Waals surface area (Å²) in [7, 11) is 0. The number of amides is 2. The fourth-order valence-electron chi connectivity index (χ4n) is 2.33. The second-order valence-electron chi connectivity index (χ2n) is 5.85. The summed E-state index contributed by atoms with van der Waals surface area (Å²) < 4.78 is 17.8. The maximum Gasteiger partial charge on any atom is 0.251 e. The molecule has 7 heteroatoms. The molecule has 24 heavy (non-hydrogen) atoms. The summed E-state index contributed by atoms with van der Waals surface area (Å²) in [6.07, 6.45) is 2.14. The molecule has 1 aliphatic rings. The Morgan fingerprint density at radius 3 is 2.71 bits per heavy atom. The van der Waals surface area contributed by atoms with Gasteiger partial charge < -0.3 is 15.4 Å². The van der Waals surface area contributed by atoms with Crippen LogP contribution in [0.15, 0.2) is 18.2 Å². The van der Waals surface area contributed by atoms with Crippen LogP contribution in [0.2, 0.25) is 0 Å². The molecule has 1 aromatic rings. The molecule has 0 radical (unpaired) electrons. The van der Waals surface area contributed by atoms with E-state index in [1.165, 1.54) is 6.92 Å². The van der Waals surface area contributed by atoms with Crippen LogP contribution in [0.4, 0.5) is 4.39 Å². The lowest BCUT2D eigenvalue weighted by Gasteiger charge is -2.16. The second-order valence-corrected chi connectivity index (χ2v) is 5.85. The number of amidine groups is 1. The van der Waals surface area contributed by atoms with Gasteiger partial charge in [0.15, 0.2) is 0 Å². The topological polar surface area (TPSA) is 91.3 Å². The lowest BCUT2D eigenvalue weighted by molar-refractivity contribution is -0.117. The van der Waals surface area contributed by atoms with Gasteiger partial charge in [-0.2, -0.15) is 0 Å². The van der Waals surface area contributed by atoms with Crippen molar-refractivity contribution < 1.29 is 18.7 Å². The summed E-state index contributed by atoms with van der Waals surface area (Å²) >= 11 is 0. The lowest BCUT2D eigenvalue weighted by Crippen LogP contribution is -2.45. The van der Waals surface area contributed by atoms with E-state index in [2.05, 4.69) is 10.6 Å². The Hall–Kier alpha value is -2.44. The highest BCUT2D eigenvalue weighted by atomic mass is 19.1. The molecule has 3 N–H and O–H groups in total. The van der Waals surface area contributed by atoms with Crippen molar-refractivity contribution in [2.75, 3.05) is 13.3 Å². The third-order valence-electron chi connectivity index (χ3n) is 3.72. The van der Waals surface area contributed by atoms with Crippen molar-refractivity contribution in [3.63, 3.8) is 0 Å². The molecule has 0 aliphatic heterocycles. The van der Waals surface area contributed by atoms with Crippen molar-refractivity contribution in [1.82, 2.24) is 10.6 Å². The van der Waals surface area contributed by atoms with Crippen LogP contribution in [0, 0.1) is 5.41 Å². The molecule has 0 spiro atoms.